The van der Waals surface area contributed by atoms with E-state index in [2.05, 4.69) is 24.1 Å². The summed E-state index contributed by atoms with van der Waals surface area (Å²) in [5.74, 6) is 0.727. The van der Waals surface area contributed by atoms with Gasteiger partial charge in [0.25, 0.3) is 0 Å². The first-order valence-corrected chi connectivity index (χ1v) is 8.37. The number of hydrogen-bond acceptors (Lipinski definition) is 4. The van der Waals surface area contributed by atoms with Crippen LogP contribution in [0.3, 0.4) is 0 Å². The zero-order valence-corrected chi connectivity index (χ0v) is 12.1. The second-order valence-corrected chi connectivity index (χ2v) is 7.58. The van der Waals surface area contributed by atoms with Crippen molar-refractivity contribution in [3.8, 4) is 0 Å². The van der Waals surface area contributed by atoms with Crippen molar-refractivity contribution < 1.29 is 8.42 Å². The average Bonchev–Trinajstić information content (AvgIpc) is 2.57. The van der Waals surface area contributed by atoms with Crippen molar-refractivity contribution in [2.24, 2.45) is 0 Å². The van der Waals surface area contributed by atoms with Crippen LogP contribution in [-0.2, 0) is 9.84 Å². The summed E-state index contributed by atoms with van der Waals surface area (Å²) in [6, 6.07) is 0.797. The van der Waals surface area contributed by atoms with Crippen molar-refractivity contribution in [2.75, 3.05) is 31.6 Å². The van der Waals surface area contributed by atoms with Gasteiger partial charge in [0.2, 0.25) is 0 Å². The van der Waals surface area contributed by atoms with Gasteiger partial charge in [-0.15, -0.1) is 0 Å². The minimum absolute atomic E-state index is 0.248. The van der Waals surface area contributed by atoms with Crippen LogP contribution in [0.5, 0.6) is 0 Å². The first-order chi connectivity index (χ1) is 7.91. The predicted octanol–water partition coefficient (Wildman–Crippen LogP) is 0.884. The molecule has 1 aliphatic heterocycles. The average molecular weight is 262 g/mol. The van der Waals surface area contributed by atoms with E-state index in [0.717, 1.165) is 32.4 Å². The van der Waals surface area contributed by atoms with E-state index < -0.39 is 9.84 Å². The van der Waals surface area contributed by atoms with Gasteiger partial charge in [-0.1, -0.05) is 13.8 Å². The Morgan fingerprint density at radius 3 is 2.59 bits per heavy atom. The summed E-state index contributed by atoms with van der Waals surface area (Å²) in [6.45, 7) is 6.35. The summed E-state index contributed by atoms with van der Waals surface area (Å²) in [6.07, 6.45) is 3.10. The smallest absolute Gasteiger partial charge is 0.151 e. The molecule has 5 heteroatoms. The highest BCUT2D eigenvalue weighted by molar-refractivity contribution is 7.91. The fourth-order valence-electron chi connectivity index (χ4n) is 2.18. The Morgan fingerprint density at radius 2 is 2.06 bits per heavy atom. The highest BCUT2D eigenvalue weighted by Crippen LogP contribution is 2.16. The van der Waals surface area contributed by atoms with Gasteiger partial charge >= 0.3 is 0 Å². The number of nitrogens with one attached hydrogen (secondary N) is 1. The SMILES string of the molecule is CC(C)NCCCCN(C)C1CCS(=O)(=O)C1. The lowest BCUT2D eigenvalue weighted by Crippen LogP contribution is -2.33. The molecular weight excluding hydrogens is 236 g/mol. The lowest BCUT2D eigenvalue weighted by Gasteiger charge is -2.22. The molecule has 1 aliphatic rings. The Balaban J connectivity index is 2.11. The molecule has 4 nitrogen and oxygen atoms in total. The van der Waals surface area contributed by atoms with Gasteiger partial charge in [-0.25, -0.2) is 8.42 Å². The van der Waals surface area contributed by atoms with Gasteiger partial charge < -0.3 is 10.2 Å². The highest BCUT2D eigenvalue weighted by Gasteiger charge is 2.30. The van der Waals surface area contributed by atoms with Crippen LogP contribution in [0.1, 0.15) is 33.1 Å². The Labute approximate surface area is 106 Å². The van der Waals surface area contributed by atoms with Crippen molar-refractivity contribution in [1.82, 2.24) is 10.2 Å². The third-order valence-electron chi connectivity index (χ3n) is 3.32. The topological polar surface area (TPSA) is 49.4 Å². The van der Waals surface area contributed by atoms with Crippen LogP contribution in [0.2, 0.25) is 0 Å². The molecule has 102 valence electrons. The quantitative estimate of drug-likeness (QED) is 0.692. The zero-order chi connectivity index (χ0) is 12.9. The van der Waals surface area contributed by atoms with E-state index in [4.69, 9.17) is 0 Å². The molecule has 1 N–H and O–H groups in total. The van der Waals surface area contributed by atoms with Gasteiger partial charge in [-0.3, -0.25) is 0 Å². The monoisotopic (exact) mass is 262 g/mol. The van der Waals surface area contributed by atoms with Crippen molar-refractivity contribution in [3.63, 3.8) is 0 Å². The number of unbranched alkanes of at least 4 members (excludes halogenated alkanes) is 1. The Bertz CT molecular complexity index is 314. The first kappa shape index (κ1) is 14.9. The molecule has 0 amide bonds. The van der Waals surface area contributed by atoms with E-state index >= 15 is 0 Å². The van der Waals surface area contributed by atoms with Crippen LogP contribution in [0.25, 0.3) is 0 Å². The van der Waals surface area contributed by atoms with Gasteiger partial charge in [0.15, 0.2) is 9.84 Å². The summed E-state index contributed by atoms with van der Waals surface area (Å²) in [5.41, 5.74) is 0. The molecule has 1 fully saturated rings. The summed E-state index contributed by atoms with van der Waals surface area (Å²) in [4.78, 5) is 2.21. The molecule has 0 aliphatic carbocycles. The van der Waals surface area contributed by atoms with Crippen molar-refractivity contribution in [2.45, 2.75) is 45.2 Å². The summed E-state index contributed by atoms with van der Waals surface area (Å²) in [5, 5.41) is 3.39. The molecule has 0 aromatic carbocycles. The van der Waals surface area contributed by atoms with E-state index in [1.165, 1.54) is 0 Å². The van der Waals surface area contributed by atoms with E-state index in [9.17, 15) is 8.42 Å². The Morgan fingerprint density at radius 1 is 1.35 bits per heavy atom. The van der Waals surface area contributed by atoms with Crippen molar-refractivity contribution >= 4 is 9.84 Å². The number of sulfone groups is 1. The van der Waals surface area contributed by atoms with Crippen LogP contribution in [0, 0.1) is 0 Å². The van der Waals surface area contributed by atoms with E-state index in [0.29, 0.717) is 17.5 Å². The molecule has 1 unspecified atom stereocenters. The van der Waals surface area contributed by atoms with Crippen LogP contribution in [0.4, 0.5) is 0 Å². The number of nitrogens with zero attached hydrogens (tertiary/aromatic N) is 1. The molecule has 0 spiro atoms. The largest absolute Gasteiger partial charge is 0.315 e. The number of hydrogen-bond donors (Lipinski definition) is 1. The molecule has 0 bridgehead atoms. The fraction of sp³-hybridized carbons (Fsp3) is 1.00. The van der Waals surface area contributed by atoms with Gasteiger partial charge in [0.05, 0.1) is 11.5 Å². The minimum atomic E-state index is -2.74. The van der Waals surface area contributed by atoms with Gasteiger partial charge in [-0.2, -0.15) is 0 Å². The summed E-state index contributed by atoms with van der Waals surface area (Å²) < 4.78 is 22.7. The maximum absolute atomic E-state index is 11.4. The highest BCUT2D eigenvalue weighted by atomic mass is 32.2. The normalized spacial score (nSPS) is 23.7. The van der Waals surface area contributed by atoms with Gasteiger partial charge in [-0.05, 0) is 39.4 Å². The second-order valence-electron chi connectivity index (χ2n) is 5.35. The van der Waals surface area contributed by atoms with Crippen LogP contribution < -0.4 is 5.32 Å². The predicted molar refractivity (Wildman–Crippen MR) is 72.1 cm³/mol. The lowest BCUT2D eigenvalue weighted by molar-refractivity contribution is 0.256. The standard InChI is InChI=1S/C12H26N2O2S/c1-11(2)13-7-4-5-8-14(3)12-6-9-17(15,16)10-12/h11-13H,4-10H2,1-3H3. The van der Waals surface area contributed by atoms with Gasteiger partial charge in [0, 0.05) is 12.1 Å². The van der Waals surface area contributed by atoms with Crippen molar-refractivity contribution in [3.05, 3.63) is 0 Å². The first-order valence-electron chi connectivity index (χ1n) is 6.55. The number of rotatable bonds is 7. The molecule has 0 saturated carbocycles. The van der Waals surface area contributed by atoms with E-state index in [1.807, 2.05) is 7.05 Å². The minimum Gasteiger partial charge on any atom is -0.315 e. The molecule has 1 atom stereocenters. The molecule has 17 heavy (non-hydrogen) atoms. The third kappa shape index (κ3) is 5.84. The molecule has 0 aromatic rings. The maximum atomic E-state index is 11.4. The van der Waals surface area contributed by atoms with Crippen molar-refractivity contribution in [1.29, 1.82) is 0 Å². The molecule has 1 heterocycles. The second kappa shape index (κ2) is 6.71. The zero-order valence-electron chi connectivity index (χ0n) is 11.3. The Kier molecular flexibility index (Phi) is 5.89. The van der Waals surface area contributed by atoms with Crippen LogP contribution >= 0.6 is 0 Å². The maximum Gasteiger partial charge on any atom is 0.151 e. The Hall–Kier alpha value is -0.130. The van der Waals surface area contributed by atoms with Crippen LogP contribution in [-0.4, -0.2) is 57.0 Å². The third-order valence-corrected chi connectivity index (χ3v) is 5.07. The lowest BCUT2D eigenvalue weighted by atomic mass is 10.2. The van der Waals surface area contributed by atoms with E-state index in [1.54, 1.807) is 0 Å². The molecule has 1 saturated heterocycles. The molecule has 0 aromatic heterocycles. The van der Waals surface area contributed by atoms with Gasteiger partial charge in [0.1, 0.15) is 0 Å². The molecular formula is C12H26N2O2S. The van der Waals surface area contributed by atoms with E-state index in [-0.39, 0.29) is 6.04 Å². The molecule has 1 rings (SSSR count). The summed E-state index contributed by atoms with van der Waals surface area (Å²) in [7, 11) is -0.698. The fourth-order valence-corrected chi connectivity index (χ4v) is 3.99. The molecule has 0 radical (unpaired) electrons. The van der Waals surface area contributed by atoms with Crippen LogP contribution in [0.15, 0.2) is 0 Å². The summed E-state index contributed by atoms with van der Waals surface area (Å²) >= 11 is 0.